The van der Waals surface area contributed by atoms with E-state index in [1.807, 2.05) is 0 Å². The van der Waals surface area contributed by atoms with E-state index in [0.29, 0.717) is 25.7 Å². The Bertz CT molecular complexity index is 920. The number of para-hydroxylation sites is 1. The van der Waals surface area contributed by atoms with Crippen molar-refractivity contribution in [2.45, 2.75) is 89.1 Å². The van der Waals surface area contributed by atoms with Gasteiger partial charge in [0.05, 0.1) is 0 Å². The van der Waals surface area contributed by atoms with Crippen molar-refractivity contribution in [3.8, 4) is 5.75 Å². The number of alkyl carbamates (subject to hydrolysis) is 1. The predicted molar refractivity (Wildman–Crippen MR) is 143 cm³/mol. The summed E-state index contributed by atoms with van der Waals surface area (Å²) in [6.45, 7) is 4.95. The zero-order chi connectivity index (χ0) is 28.4. The average Bonchev–Trinajstić information content (AvgIpc) is 2.81. The molecule has 1 aromatic rings. The van der Waals surface area contributed by atoms with E-state index in [1.54, 1.807) is 51.1 Å². The number of carbonyl (C=O) groups excluding carboxylic acids is 1. The van der Waals surface area contributed by atoms with Gasteiger partial charge in [0, 0.05) is 24.6 Å². The first kappa shape index (κ1) is 32.0. The van der Waals surface area contributed by atoms with E-state index >= 15 is 0 Å². The third-order valence-electron chi connectivity index (χ3n) is 6.11. The molecule has 1 fully saturated rings. The molecular weight excluding hydrogens is 543 g/mol. The van der Waals surface area contributed by atoms with Crippen LogP contribution in [0, 0.1) is 5.92 Å². The fourth-order valence-corrected chi connectivity index (χ4v) is 5.63. The first-order valence-corrected chi connectivity index (χ1v) is 14.1. The number of benzene rings is 1. The molecule has 2 rings (SSSR count). The van der Waals surface area contributed by atoms with E-state index in [0.717, 1.165) is 18.2 Å². The maximum Gasteiger partial charge on any atom is 0.428 e. The molecule has 214 valence electrons. The lowest BCUT2D eigenvalue weighted by Crippen LogP contribution is -2.56. The summed E-state index contributed by atoms with van der Waals surface area (Å²) in [5, 5.41) is 11.1. The number of ether oxygens (including phenoxy) is 3. The first-order chi connectivity index (χ1) is 17.7. The minimum atomic E-state index is -4.71. The van der Waals surface area contributed by atoms with Gasteiger partial charge in [-0.2, -0.15) is 24.9 Å². The monoisotopic (exact) mass is 579 g/mol. The first-order valence-electron chi connectivity index (χ1n) is 12.6. The van der Waals surface area contributed by atoms with E-state index in [-0.39, 0.29) is 30.1 Å². The van der Waals surface area contributed by atoms with Crippen molar-refractivity contribution in [3.63, 3.8) is 0 Å². The van der Waals surface area contributed by atoms with Crippen molar-refractivity contribution in [3.05, 3.63) is 30.3 Å². The lowest BCUT2D eigenvalue weighted by Gasteiger charge is -2.43. The summed E-state index contributed by atoms with van der Waals surface area (Å²) in [7, 11) is 0. The van der Waals surface area contributed by atoms with Gasteiger partial charge in [0.15, 0.2) is 0 Å². The maximum atomic E-state index is 14.7. The van der Waals surface area contributed by atoms with Crippen molar-refractivity contribution in [1.29, 1.82) is 0 Å². The van der Waals surface area contributed by atoms with Gasteiger partial charge in [0.25, 0.3) is 0 Å². The summed E-state index contributed by atoms with van der Waals surface area (Å²) < 4.78 is 60.1. The quantitative estimate of drug-likeness (QED) is 0.220. The van der Waals surface area contributed by atoms with Gasteiger partial charge in [0.1, 0.15) is 17.4 Å². The van der Waals surface area contributed by atoms with Crippen LogP contribution in [-0.2, 0) is 14.3 Å². The number of hydrogen-bond acceptors (Lipinski definition) is 7. The third kappa shape index (κ3) is 10.2. The summed E-state index contributed by atoms with van der Waals surface area (Å²) >= 11 is 6.25. The molecule has 0 aliphatic heterocycles. The highest BCUT2D eigenvalue weighted by molar-refractivity contribution is 7.99. The van der Waals surface area contributed by atoms with Gasteiger partial charge < -0.3 is 24.6 Å². The SMILES string of the molecule is CC(C)(C)OC(=O)NC(CCSCCC(OC(=S)Oc1ccccc1)(C1CCCCC1)C(F)(F)F)C(=O)O. The number of thioether (sulfide) groups is 1. The van der Waals surface area contributed by atoms with Crippen molar-refractivity contribution in [1.82, 2.24) is 5.32 Å². The molecule has 2 N–H and O–H groups in total. The summed E-state index contributed by atoms with van der Waals surface area (Å²) in [5.41, 5.74) is -3.32. The van der Waals surface area contributed by atoms with E-state index in [9.17, 15) is 27.9 Å². The molecule has 38 heavy (non-hydrogen) atoms. The van der Waals surface area contributed by atoms with Gasteiger partial charge in [-0.15, -0.1) is 0 Å². The van der Waals surface area contributed by atoms with Crippen LogP contribution in [-0.4, -0.2) is 57.3 Å². The second-order valence-electron chi connectivity index (χ2n) is 10.2. The number of amides is 1. The van der Waals surface area contributed by atoms with Crippen molar-refractivity contribution >= 4 is 41.3 Å². The summed E-state index contributed by atoms with van der Waals surface area (Å²) in [5.74, 6) is -1.51. The van der Waals surface area contributed by atoms with Crippen LogP contribution in [0.5, 0.6) is 5.75 Å². The minimum Gasteiger partial charge on any atom is -0.480 e. The van der Waals surface area contributed by atoms with Crippen LogP contribution in [0.3, 0.4) is 0 Å². The van der Waals surface area contributed by atoms with Gasteiger partial charge in [0.2, 0.25) is 5.60 Å². The largest absolute Gasteiger partial charge is 0.480 e. The Hall–Kier alpha value is -2.21. The summed E-state index contributed by atoms with van der Waals surface area (Å²) in [6, 6.07) is 7.01. The van der Waals surface area contributed by atoms with Crippen molar-refractivity contribution < 1.29 is 42.1 Å². The Morgan fingerprint density at radius 2 is 1.71 bits per heavy atom. The van der Waals surface area contributed by atoms with Crippen LogP contribution in [0.1, 0.15) is 65.7 Å². The molecule has 1 aliphatic rings. The number of carboxylic acids is 1. The number of rotatable bonds is 11. The van der Waals surface area contributed by atoms with Crippen LogP contribution < -0.4 is 10.1 Å². The molecule has 0 aromatic heterocycles. The van der Waals surface area contributed by atoms with Crippen LogP contribution in [0.15, 0.2) is 30.3 Å². The predicted octanol–water partition coefficient (Wildman–Crippen LogP) is 6.74. The molecule has 0 radical (unpaired) electrons. The molecule has 0 saturated heterocycles. The molecule has 1 aliphatic carbocycles. The molecule has 0 heterocycles. The lowest BCUT2D eigenvalue weighted by molar-refractivity contribution is -0.278. The van der Waals surface area contributed by atoms with E-state index < -0.39 is 46.6 Å². The number of halogens is 3. The molecule has 2 unspecified atom stereocenters. The molecule has 2 atom stereocenters. The van der Waals surface area contributed by atoms with Gasteiger partial charge in [-0.3, -0.25) is 0 Å². The fourth-order valence-electron chi connectivity index (χ4n) is 4.33. The minimum absolute atomic E-state index is 0.0120. The second kappa shape index (κ2) is 14.3. The molecule has 1 amide bonds. The number of carboxylic acid groups (broad SMARTS) is 1. The smallest absolute Gasteiger partial charge is 0.428 e. The van der Waals surface area contributed by atoms with Crippen molar-refractivity contribution in [2.24, 2.45) is 5.92 Å². The highest BCUT2D eigenvalue weighted by Crippen LogP contribution is 2.48. The molecule has 0 bridgehead atoms. The molecule has 1 saturated carbocycles. The Kier molecular flexibility index (Phi) is 12.0. The molecule has 1 aromatic carbocycles. The average molecular weight is 580 g/mol. The summed E-state index contributed by atoms with van der Waals surface area (Å²) in [4.78, 5) is 23.5. The van der Waals surface area contributed by atoms with E-state index in [2.05, 4.69) is 5.32 Å². The maximum absolute atomic E-state index is 14.7. The van der Waals surface area contributed by atoms with Crippen LogP contribution in [0.25, 0.3) is 0 Å². The van der Waals surface area contributed by atoms with Crippen molar-refractivity contribution in [2.75, 3.05) is 11.5 Å². The Labute approximate surface area is 231 Å². The zero-order valence-electron chi connectivity index (χ0n) is 21.8. The van der Waals surface area contributed by atoms with Gasteiger partial charge in [-0.1, -0.05) is 37.5 Å². The van der Waals surface area contributed by atoms with Crippen LogP contribution >= 0.6 is 24.0 Å². The number of thiocarbonyl (C=S) groups is 1. The second-order valence-corrected chi connectivity index (χ2v) is 11.7. The number of alkyl halides is 3. The molecular formula is C26H36F3NO6S2. The number of aliphatic carboxylic acids is 1. The Balaban J connectivity index is 2.06. The molecule has 12 heteroatoms. The van der Waals surface area contributed by atoms with Crippen LogP contribution in [0.4, 0.5) is 18.0 Å². The van der Waals surface area contributed by atoms with Crippen LogP contribution in [0.2, 0.25) is 0 Å². The van der Waals surface area contributed by atoms with E-state index in [4.69, 9.17) is 26.4 Å². The third-order valence-corrected chi connectivity index (χ3v) is 7.30. The van der Waals surface area contributed by atoms with Gasteiger partial charge >= 0.3 is 23.5 Å². The number of hydrogen-bond donors (Lipinski definition) is 2. The molecule has 7 nitrogen and oxygen atoms in total. The fraction of sp³-hybridized carbons (Fsp3) is 0.654. The van der Waals surface area contributed by atoms with E-state index in [1.165, 1.54) is 0 Å². The zero-order valence-corrected chi connectivity index (χ0v) is 23.5. The standard InChI is InChI=1S/C26H36F3NO6S2/c1-24(2,3)35-22(33)30-20(21(31)32)14-16-38-17-15-25(26(27,28)29,18-10-6-4-7-11-18)36-23(37)34-19-12-8-5-9-13-19/h5,8-9,12-13,18,20H,4,6-7,10-11,14-17H2,1-3H3,(H,30,33)(H,31,32). The lowest BCUT2D eigenvalue weighted by atomic mass is 9.75. The van der Waals surface area contributed by atoms with Gasteiger partial charge in [-0.05, 0) is 63.7 Å². The van der Waals surface area contributed by atoms with Gasteiger partial charge in [-0.25, -0.2) is 9.59 Å². The normalized spacial score (nSPS) is 17.1. The highest BCUT2D eigenvalue weighted by Gasteiger charge is 2.61. The number of carbonyl (C=O) groups is 2. The number of nitrogens with one attached hydrogen (secondary N) is 1. The topological polar surface area (TPSA) is 94.1 Å². The summed E-state index contributed by atoms with van der Waals surface area (Å²) in [6.07, 6.45) is -3.02. The molecule has 0 spiro atoms. The Morgan fingerprint density at radius 3 is 2.26 bits per heavy atom. The highest BCUT2D eigenvalue weighted by atomic mass is 32.2. The Morgan fingerprint density at radius 1 is 1.08 bits per heavy atom.